The second-order valence-corrected chi connectivity index (χ2v) is 8.26. The Hall–Kier alpha value is -2.73. The zero-order valence-corrected chi connectivity index (χ0v) is 18.5. The molecule has 0 aliphatic heterocycles. The number of carbonyl (C=O) groups excluding carboxylic acids is 4. The molecular weight excluding hydrogens is 410 g/mol. The van der Waals surface area contributed by atoms with E-state index in [1.807, 2.05) is 13.8 Å². The summed E-state index contributed by atoms with van der Waals surface area (Å²) in [5, 5.41) is 26.0. The molecule has 0 rings (SSSR count). The number of carbonyl (C=O) groups is 5. The molecule has 31 heavy (non-hydrogen) atoms. The maximum absolute atomic E-state index is 12.6. The number of hydrogen-bond donors (Lipinski definition) is 7. The summed E-state index contributed by atoms with van der Waals surface area (Å²) < 4.78 is 0. The van der Waals surface area contributed by atoms with E-state index in [1.54, 1.807) is 13.8 Å². The number of primary amides is 1. The molecule has 0 radical (unpaired) electrons. The van der Waals surface area contributed by atoms with Gasteiger partial charge in [0.15, 0.2) is 0 Å². The van der Waals surface area contributed by atoms with Crippen molar-refractivity contribution in [3.05, 3.63) is 0 Å². The molecule has 0 aromatic carbocycles. The Labute approximate surface area is 181 Å². The first-order valence-electron chi connectivity index (χ1n) is 10.0. The van der Waals surface area contributed by atoms with Gasteiger partial charge in [-0.1, -0.05) is 27.7 Å². The van der Waals surface area contributed by atoms with E-state index in [-0.39, 0.29) is 5.92 Å². The number of aliphatic hydroxyl groups excluding tert-OH is 1. The van der Waals surface area contributed by atoms with Gasteiger partial charge in [-0.05, 0) is 25.2 Å². The number of carboxylic acids is 1. The lowest BCUT2D eigenvalue weighted by atomic mass is 10.0. The van der Waals surface area contributed by atoms with Crippen LogP contribution in [0.4, 0.5) is 0 Å². The number of hydrogen-bond acceptors (Lipinski definition) is 7. The molecule has 178 valence electrons. The van der Waals surface area contributed by atoms with E-state index in [1.165, 1.54) is 6.92 Å². The Morgan fingerprint density at radius 1 is 0.839 bits per heavy atom. The van der Waals surface area contributed by atoms with Crippen LogP contribution in [0, 0.1) is 11.8 Å². The predicted molar refractivity (Wildman–Crippen MR) is 111 cm³/mol. The van der Waals surface area contributed by atoms with Gasteiger partial charge in [0.25, 0.3) is 0 Å². The molecule has 0 aliphatic rings. The van der Waals surface area contributed by atoms with Crippen LogP contribution in [0.2, 0.25) is 0 Å². The topological polar surface area (TPSA) is 214 Å². The van der Waals surface area contributed by atoms with Crippen molar-refractivity contribution >= 4 is 29.6 Å². The van der Waals surface area contributed by atoms with Crippen LogP contribution >= 0.6 is 0 Å². The standard InChI is InChI=1S/C19H35N5O7/c1-8(2)6-11(20)16(27)24-15(10(5)25)18(29)22-12(7-13(21)26)17(28)23-14(9(3)4)19(30)31/h8-12,14-15,25H,6-7,20H2,1-5H3,(H2,21,26)(H,22,29)(H,23,28)(H,24,27)(H,30,31). The van der Waals surface area contributed by atoms with Crippen molar-refractivity contribution in [1.29, 1.82) is 0 Å². The van der Waals surface area contributed by atoms with Gasteiger partial charge in [-0.3, -0.25) is 19.2 Å². The highest BCUT2D eigenvalue weighted by molar-refractivity contribution is 5.96. The molecule has 0 aliphatic carbocycles. The van der Waals surface area contributed by atoms with Crippen molar-refractivity contribution < 1.29 is 34.2 Å². The number of aliphatic hydroxyl groups is 1. The molecule has 0 saturated heterocycles. The zero-order valence-electron chi connectivity index (χ0n) is 18.5. The lowest BCUT2D eigenvalue weighted by Crippen LogP contribution is -2.60. The average molecular weight is 446 g/mol. The smallest absolute Gasteiger partial charge is 0.326 e. The van der Waals surface area contributed by atoms with Gasteiger partial charge in [-0.15, -0.1) is 0 Å². The first-order chi connectivity index (χ1) is 14.2. The summed E-state index contributed by atoms with van der Waals surface area (Å²) in [6.07, 6.45) is -1.62. The van der Waals surface area contributed by atoms with E-state index >= 15 is 0 Å². The minimum Gasteiger partial charge on any atom is -0.480 e. The van der Waals surface area contributed by atoms with E-state index in [9.17, 15) is 34.2 Å². The van der Waals surface area contributed by atoms with Crippen LogP contribution in [0.5, 0.6) is 0 Å². The van der Waals surface area contributed by atoms with Crippen molar-refractivity contribution in [2.75, 3.05) is 0 Å². The monoisotopic (exact) mass is 445 g/mol. The minimum absolute atomic E-state index is 0.117. The molecule has 0 saturated carbocycles. The van der Waals surface area contributed by atoms with Crippen LogP contribution in [0.3, 0.4) is 0 Å². The third-order valence-corrected chi connectivity index (χ3v) is 4.39. The molecule has 0 fully saturated rings. The Bertz CT molecular complexity index is 666. The summed E-state index contributed by atoms with van der Waals surface area (Å²) >= 11 is 0. The van der Waals surface area contributed by atoms with Crippen LogP contribution in [-0.4, -0.2) is 70.1 Å². The molecule has 0 aromatic heterocycles. The molecule has 5 unspecified atom stereocenters. The first-order valence-corrected chi connectivity index (χ1v) is 10.0. The van der Waals surface area contributed by atoms with Gasteiger partial charge in [0, 0.05) is 0 Å². The van der Waals surface area contributed by atoms with Crippen molar-refractivity contribution in [1.82, 2.24) is 16.0 Å². The maximum Gasteiger partial charge on any atom is 0.326 e. The van der Waals surface area contributed by atoms with Gasteiger partial charge < -0.3 is 37.6 Å². The first kappa shape index (κ1) is 28.3. The fourth-order valence-corrected chi connectivity index (χ4v) is 2.72. The van der Waals surface area contributed by atoms with Crippen molar-refractivity contribution in [3.8, 4) is 0 Å². The van der Waals surface area contributed by atoms with Crippen LogP contribution in [0.1, 0.15) is 47.5 Å². The number of amides is 4. The summed E-state index contributed by atoms with van der Waals surface area (Å²) in [4.78, 5) is 60.1. The summed E-state index contributed by atoms with van der Waals surface area (Å²) in [6.45, 7) is 8.11. The quantitative estimate of drug-likeness (QED) is 0.165. The molecule has 12 nitrogen and oxygen atoms in total. The van der Waals surface area contributed by atoms with Crippen molar-refractivity contribution in [2.45, 2.75) is 77.7 Å². The lowest BCUT2D eigenvalue weighted by molar-refractivity contribution is -0.143. The fourth-order valence-electron chi connectivity index (χ4n) is 2.72. The number of aliphatic carboxylic acids is 1. The zero-order chi connectivity index (χ0) is 24.5. The Morgan fingerprint density at radius 3 is 1.74 bits per heavy atom. The van der Waals surface area contributed by atoms with E-state index in [2.05, 4.69) is 16.0 Å². The highest BCUT2D eigenvalue weighted by Gasteiger charge is 2.33. The highest BCUT2D eigenvalue weighted by atomic mass is 16.4. The molecule has 0 aromatic rings. The third-order valence-electron chi connectivity index (χ3n) is 4.39. The van der Waals surface area contributed by atoms with Crippen molar-refractivity contribution in [3.63, 3.8) is 0 Å². The lowest BCUT2D eigenvalue weighted by Gasteiger charge is -2.26. The summed E-state index contributed by atoms with van der Waals surface area (Å²) in [5.74, 6) is -5.14. The maximum atomic E-state index is 12.6. The average Bonchev–Trinajstić information content (AvgIpc) is 2.60. The second kappa shape index (κ2) is 12.8. The van der Waals surface area contributed by atoms with E-state index in [4.69, 9.17) is 11.5 Å². The van der Waals surface area contributed by atoms with Gasteiger partial charge in [0.1, 0.15) is 18.1 Å². The molecule has 0 spiro atoms. The molecule has 12 heteroatoms. The van der Waals surface area contributed by atoms with Gasteiger partial charge in [-0.2, -0.15) is 0 Å². The van der Waals surface area contributed by atoms with Crippen LogP contribution in [0.25, 0.3) is 0 Å². The van der Waals surface area contributed by atoms with Gasteiger partial charge in [-0.25, -0.2) is 4.79 Å². The molecule has 9 N–H and O–H groups in total. The summed E-state index contributed by atoms with van der Waals surface area (Å²) in [6, 6.07) is -5.15. The predicted octanol–water partition coefficient (Wildman–Crippen LogP) is -2.19. The third kappa shape index (κ3) is 10.2. The Morgan fingerprint density at radius 2 is 1.35 bits per heavy atom. The van der Waals surface area contributed by atoms with E-state index in [0.717, 1.165) is 0 Å². The minimum atomic E-state index is -1.51. The fraction of sp³-hybridized carbons (Fsp3) is 0.737. The molecule has 0 heterocycles. The van der Waals surface area contributed by atoms with Gasteiger partial charge in [0.05, 0.1) is 18.6 Å². The Balaban J connectivity index is 5.44. The highest BCUT2D eigenvalue weighted by Crippen LogP contribution is 2.06. The molecule has 4 amide bonds. The van der Waals surface area contributed by atoms with E-state index < -0.39 is 72.2 Å². The number of rotatable bonds is 13. The second-order valence-electron chi connectivity index (χ2n) is 8.26. The SMILES string of the molecule is CC(C)CC(N)C(=O)NC(C(=O)NC(CC(N)=O)C(=O)NC(C(=O)O)C(C)C)C(C)O. The van der Waals surface area contributed by atoms with Crippen LogP contribution < -0.4 is 27.4 Å². The molecule has 5 atom stereocenters. The summed E-state index contributed by atoms with van der Waals surface area (Å²) in [7, 11) is 0. The van der Waals surface area contributed by atoms with Crippen molar-refractivity contribution in [2.24, 2.45) is 23.3 Å². The molecular formula is C19H35N5O7. The molecule has 0 bridgehead atoms. The van der Waals surface area contributed by atoms with E-state index in [0.29, 0.717) is 6.42 Å². The number of carboxylic acid groups (broad SMARTS) is 1. The number of nitrogens with two attached hydrogens (primary N) is 2. The summed E-state index contributed by atoms with van der Waals surface area (Å²) in [5.41, 5.74) is 10.9. The normalized spacial score (nSPS) is 16.0. The Kier molecular flexibility index (Phi) is 11.7. The van der Waals surface area contributed by atoms with Gasteiger partial charge in [0.2, 0.25) is 23.6 Å². The van der Waals surface area contributed by atoms with Crippen LogP contribution in [0.15, 0.2) is 0 Å². The van der Waals surface area contributed by atoms with Gasteiger partial charge >= 0.3 is 5.97 Å². The largest absolute Gasteiger partial charge is 0.480 e. The number of nitrogens with one attached hydrogen (secondary N) is 3. The van der Waals surface area contributed by atoms with Crippen LogP contribution in [-0.2, 0) is 24.0 Å².